The van der Waals surface area contributed by atoms with Gasteiger partial charge in [0.2, 0.25) is 0 Å². The highest BCUT2D eigenvalue weighted by Crippen LogP contribution is 2.35. The second-order valence-electron chi connectivity index (χ2n) is 4.66. The van der Waals surface area contributed by atoms with E-state index in [4.69, 9.17) is 0 Å². The molecule has 2 N–H and O–H groups in total. The first-order valence-corrected chi connectivity index (χ1v) is 7.85. The van der Waals surface area contributed by atoms with Crippen LogP contribution < -0.4 is 4.72 Å². The molecule has 1 heterocycles. The number of nitrogens with one attached hydrogen (secondary N) is 1. The van der Waals surface area contributed by atoms with Crippen LogP contribution in [0.2, 0.25) is 0 Å². The van der Waals surface area contributed by atoms with E-state index in [0.29, 0.717) is 38.6 Å². The van der Waals surface area contributed by atoms with Crippen LogP contribution in [0.3, 0.4) is 0 Å². The fraction of sp³-hybridized carbons (Fsp3) is 0.909. The van der Waals surface area contributed by atoms with E-state index in [1.54, 1.807) is 0 Å². The molecule has 1 aliphatic heterocycles. The van der Waals surface area contributed by atoms with Gasteiger partial charge in [-0.25, -0.2) is 4.72 Å². The Hall–Kier alpha value is -0.660. The van der Waals surface area contributed by atoms with Crippen LogP contribution in [-0.2, 0) is 15.0 Å². The molecule has 0 aliphatic carbocycles. The Labute approximate surface area is 109 Å². The SMILES string of the molecule is CCCNS(=O)(=O)N1CCCC1(CCC)C(=O)O. The fourth-order valence-electron chi connectivity index (χ4n) is 2.50. The lowest BCUT2D eigenvalue weighted by atomic mass is 9.92. The number of rotatable bonds is 7. The van der Waals surface area contributed by atoms with Gasteiger partial charge < -0.3 is 5.11 Å². The lowest BCUT2D eigenvalue weighted by Crippen LogP contribution is -2.56. The van der Waals surface area contributed by atoms with E-state index in [0.717, 1.165) is 4.31 Å². The van der Waals surface area contributed by atoms with Gasteiger partial charge >= 0.3 is 5.97 Å². The van der Waals surface area contributed by atoms with Gasteiger partial charge in [-0.3, -0.25) is 4.79 Å². The molecule has 1 atom stereocenters. The largest absolute Gasteiger partial charge is 0.480 e. The summed E-state index contributed by atoms with van der Waals surface area (Å²) in [6.07, 6.45) is 2.67. The highest BCUT2D eigenvalue weighted by Gasteiger charge is 2.52. The van der Waals surface area contributed by atoms with Crippen LogP contribution in [0.15, 0.2) is 0 Å². The molecule has 0 amide bonds. The summed E-state index contributed by atoms with van der Waals surface area (Å²) in [6.45, 7) is 4.35. The molecule has 1 saturated heterocycles. The molecule has 0 saturated carbocycles. The second-order valence-corrected chi connectivity index (χ2v) is 6.34. The first-order chi connectivity index (χ1) is 8.40. The molecular formula is C11H22N2O4S. The molecule has 0 bridgehead atoms. The Bertz CT molecular complexity index is 396. The summed E-state index contributed by atoms with van der Waals surface area (Å²) in [5, 5.41) is 9.42. The normalized spacial score (nSPS) is 25.4. The van der Waals surface area contributed by atoms with Gasteiger partial charge in [0, 0.05) is 13.1 Å². The molecule has 1 fully saturated rings. The third-order valence-electron chi connectivity index (χ3n) is 3.32. The minimum Gasteiger partial charge on any atom is -0.480 e. The lowest BCUT2D eigenvalue weighted by Gasteiger charge is -2.33. The van der Waals surface area contributed by atoms with Crippen molar-refractivity contribution in [3.63, 3.8) is 0 Å². The first kappa shape index (κ1) is 15.4. The van der Waals surface area contributed by atoms with Crippen molar-refractivity contribution in [2.45, 2.75) is 51.5 Å². The highest BCUT2D eigenvalue weighted by atomic mass is 32.2. The standard InChI is InChI=1S/C11H22N2O4S/c1-3-6-11(10(14)15)7-5-9-13(11)18(16,17)12-8-4-2/h12H,3-9H2,1-2H3,(H,14,15). The van der Waals surface area contributed by atoms with Crippen LogP contribution in [0.25, 0.3) is 0 Å². The minimum atomic E-state index is -3.69. The van der Waals surface area contributed by atoms with Crippen molar-refractivity contribution in [2.75, 3.05) is 13.1 Å². The molecule has 1 aliphatic rings. The zero-order valence-electron chi connectivity index (χ0n) is 11.0. The number of nitrogens with zero attached hydrogens (tertiary/aromatic N) is 1. The second kappa shape index (κ2) is 5.99. The first-order valence-electron chi connectivity index (χ1n) is 6.41. The maximum atomic E-state index is 12.1. The van der Waals surface area contributed by atoms with E-state index in [9.17, 15) is 18.3 Å². The zero-order chi connectivity index (χ0) is 13.8. The maximum Gasteiger partial charge on any atom is 0.325 e. The van der Waals surface area contributed by atoms with E-state index < -0.39 is 21.7 Å². The van der Waals surface area contributed by atoms with Gasteiger partial charge in [0.1, 0.15) is 5.54 Å². The molecule has 18 heavy (non-hydrogen) atoms. The Balaban J connectivity index is 3.01. The highest BCUT2D eigenvalue weighted by molar-refractivity contribution is 7.87. The van der Waals surface area contributed by atoms with Gasteiger partial charge in [0.25, 0.3) is 10.2 Å². The molecule has 0 aromatic heterocycles. The Morgan fingerprint density at radius 3 is 2.56 bits per heavy atom. The van der Waals surface area contributed by atoms with E-state index in [2.05, 4.69) is 4.72 Å². The number of carboxylic acid groups (broad SMARTS) is 1. The Kier molecular flexibility index (Phi) is 5.12. The van der Waals surface area contributed by atoms with Crippen LogP contribution in [0.1, 0.15) is 46.0 Å². The van der Waals surface area contributed by atoms with E-state index in [1.165, 1.54) is 0 Å². The number of carbonyl (C=O) groups is 1. The fourth-order valence-corrected chi connectivity index (χ4v) is 4.20. The number of hydrogen-bond acceptors (Lipinski definition) is 3. The molecule has 0 radical (unpaired) electrons. The molecule has 106 valence electrons. The number of aliphatic carboxylic acids is 1. The summed E-state index contributed by atoms with van der Waals surface area (Å²) in [5.41, 5.74) is -1.26. The van der Waals surface area contributed by atoms with Gasteiger partial charge in [-0.15, -0.1) is 0 Å². The van der Waals surface area contributed by atoms with Crippen molar-refractivity contribution in [1.29, 1.82) is 0 Å². The maximum absolute atomic E-state index is 12.1. The van der Waals surface area contributed by atoms with E-state index >= 15 is 0 Å². The van der Waals surface area contributed by atoms with Crippen LogP contribution >= 0.6 is 0 Å². The van der Waals surface area contributed by atoms with Crippen molar-refractivity contribution in [3.8, 4) is 0 Å². The van der Waals surface area contributed by atoms with Crippen molar-refractivity contribution in [2.24, 2.45) is 0 Å². The summed E-state index contributed by atoms with van der Waals surface area (Å²) in [4.78, 5) is 11.5. The van der Waals surface area contributed by atoms with Gasteiger partial charge in [-0.2, -0.15) is 12.7 Å². The van der Waals surface area contributed by atoms with Crippen LogP contribution in [-0.4, -0.2) is 42.4 Å². The smallest absolute Gasteiger partial charge is 0.325 e. The van der Waals surface area contributed by atoms with Crippen LogP contribution in [0.4, 0.5) is 0 Å². The van der Waals surface area contributed by atoms with Crippen molar-refractivity contribution in [1.82, 2.24) is 9.03 Å². The monoisotopic (exact) mass is 278 g/mol. The van der Waals surface area contributed by atoms with Crippen LogP contribution in [0, 0.1) is 0 Å². The molecular weight excluding hydrogens is 256 g/mol. The number of carboxylic acids is 1. The third kappa shape index (κ3) is 2.84. The minimum absolute atomic E-state index is 0.283. The molecule has 0 spiro atoms. The van der Waals surface area contributed by atoms with Crippen molar-refractivity contribution in [3.05, 3.63) is 0 Å². The number of hydrogen-bond donors (Lipinski definition) is 2. The lowest BCUT2D eigenvalue weighted by molar-refractivity contribution is -0.147. The zero-order valence-corrected chi connectivity index (χ0v) is 11.8. The molecule has 7 heteroatoms. The third-order valence-corrected chi connectivity index (χ3v) is 5.00. The molecule has 1 unspecified atom stereocenters. The summed E-state index contributed by atoms with van der Waals surface area (Å²) in [6, 6.07) is 0. The topological polar surface area (TPSA) is 86.7 Å². The molecule has 0 aromatic rings. The molecule has 1 rings (SSSR count). The predicted octanol–water partition coefficient (Wildman–Crippen LogP) is 0.950. The van der Waals surface area contributed by atoms with Gasteiger partial charge in [-0.05, 0) is 25.7 Å². The average Bonchev–Trinajstić information content (AvgIpc) is 2.73. The Morgan fingerprint density at radius 1 is 1.39 bits per heavy atom. The summed E-state index contributed by atoms with van der Waals surface area (Å²) >= 11 is 0. The summed E-state index contributed by atoms with van der Waals surface area (Å²) < 4.78 is 27.9. The van der Waals surface area contributed by atoms with Crippen molar-refractivity contribution < 1.29 is 18.3 Å². The summed E-state index contributed by atoms with van der Waals surface area (Å²) in [7, 11) is -3.69. The average molecular weight is 278 g/mol. The summed E-state index contributed by atoms with van der Waals surface area (Å²) in [5.74, 6) is -1.04. The van der Waals surface area contributed by atoms with E-state index in [1.807, 2.05) is 13.8 Å². The quantitative estimate of drug-likeness (QED) is 0.726. The van der Waals surface area contributed by atoms with E-state index in [-0.39, 0.29) is 6.54 Å². The molecule has 6 nitrogen and oxygen atoms in total. The van der Waals surface area contributed by atoms with Gasteiger partial charge in [0.15, 0.2) is 0 Å². The van der Waals surface area contributed by atoms with Gasteiger partial charge in [0.05, 0.1) is 0 Å². The van der Waals surface area contributed by atoms with Crippen LogP contribution in [0.5, 0.6) is 0 Å². The Morgan fingerprint density at radius 2 is 2.06 bits per heavy atom. The molecule has 0 aromatic carbocycles. The van der Waals surface area contributed by atoms with Gasteiger partial charge in [-0.1, -0.05) is 20.3 Å². The predicted molar refractivity (Wildman–Crippen MR) is 68.4 cm³/mol. The van der Waals surface area contributed by atoms with Crippen molar-refractivity contribution >= 4 is 16.2 Å².